The number of carbonyl (C=O) groups is 6. The zero-order valence-corrected chi connectivity index (χ0v) is 32.3. The van der Waals surface area contributed by atoms with Gasteiger partial charge >= 0.3 is 7.82 Å². The van der Waals surface area contributed by atoms with Crippen molar-refractivity contribution in [2.45, 2.75) is 110 Å². The molecule has 1 heterocycles. The number of primary amides is 1. The van der Waals surface area contributed by atoms with Crippen molar-refractivity contribution < 1.29 is 47.6 Å². The minimum absolute atomic E-state index is 0.0571. The number of nitrogens with one attached hydrogen (secondary N) is 5. The van der Waals surface area contributed by atoms with Crippen molar-refractivity contribution in [3.8, 4) is 0 Å². The van der Waals surface area contributed by atoms with E-state index in [1.165, 1.54) is 36.8 Å². The Morgan fingerprint density at radius 2 is 1.54 bits per heavy atom. The molecule has 0 saturated heterocycles. The van der Waals surface area contributed by atoms with Crippen LogP contribution in [0, 0.1) is 5.92 Å². The van der Waals surface area contributed by atoms with Gasteiger partial charge in [-0.2, -0.15) is 0 Å². The van der Waals surface area contributed by atoms with Gasteiger partial charge in [0.15, 0.2) is 0 Å². The van der Waals surface area contributed by atoms with Crippen LogP contribution in [0.1, 0.15) is 78.0 Å². The predicted octanol–water partition coefficient (Wildman–Crippen LogP) is 0.592. The Morgan fingerprint density at radius 3 is 2.11 bits per heavy atom. The Labute approximate surface area is 315 Å². The van der Waals surface area contributed by atoms with E-state index in [9.17, 15) is 33.3 Å². The number of nitrogens with two attached hydrogens (primary N) is 1. The molecule has 0 unspecified atom stereocenters. The van der Waals surface area contributed by atoms with Gasteiger partial charge < -0.3 is 46.7 Å². The highest BCUT2D eigenvalue weighted by Crippen LogP contribution is 2.38. The van der Waals surface area contributed by atoms with Crippen molar-refractivity contribution in [1.29, 1.82) is 0 Å². The highest BCUT2D eigenvalue weighted by Gasteiger charge is 2.34. The minimum atomic E-state index is -5.04. The van der Waals surface area contributed by atoms with Crippen LogP contribution in [0.2, 0.25) is 0 Å². The van der Waals surface area contributed by atoms with E-state index in [1.54, 1.807) is 0 Å². The molecule has 1 aromatic carbocycles. The molecule has 9 N–H and O–H groups in total. The molecule has 54 heavy (non-hydrogen) atoms. The molecule has 0 saturated carbocycles. The Morgan fingerprint density at radius 1 is 0.889 bits per heavy atom. The Hall–Kier alpha value is -4.64. The first kappa shape index (κ1) is 45.5. The van der Waals surface area contributed by atoms with Gasteiger partial charge in [-0.05, 0) is 51.0 Å². The molecular weight excluding hydrogens is 723 g/mol. The number of nitrogens with zero attached hydrogens (tertiary/aromatic N) is 2. The number of aromatic amines is 1. The number of amides is 6. The summed E-state index contributed by atoms with van der Waals surface area (Å²) in [5.41, 5.74) is 6.96. The maximum absolute atomic E-state index is 13.7. The number of hydrogen-bond donors (Lipinski definition) is 8. The van der Waals surface area contributed by atoms with Crippen LogP contribution in [0.15, 0.2) is 42.9 Å². The third kappa shape index (κ3) is 17.5. The van der Waals surface area contributed by atoms with Crippen LogP contribution in [-0.2, 0) is 50.7 Å². The van der Waals surface area contributed by atoms with Gasteiger partial charge in [-0.3, -0.25) is 33.3 Å². The van der Waals surface area contributed by atoms with E-state index in [0.717, 1.165) is 32.6 Å². The van der Waals surface area contributed by atoms with E-state index in [2.05, 4.69) is 47.9 Å². The molecular formula is C35H55N8O10P. The maximum Gasteiger partial charge on any atom is 0.469 e. The first-order chi connectivity index (χ1) is 25.4. The van der Waals surface area contributed by atoms with Crippen LogP contribution in [0.3, 0.4) is 0 Å². The minimum Gasteiger partial charge on any atom is -0.368 e. The lowest BCUT2D eigenvalue weighted by molar-refractivity contribution is -0.136. The molecule has 0 radical (unpaired) electrons. The summed E-state index contributed by atoms with van der Waals surface area (Å²) < 4.78 is 15.7. The van der Waals surface area contributed by atoms with Crippen LogP contribution in [0.4, 0.5) is 0 Å². The number of imidazole rings is 1. The fourth-order valence-electron chi connectivity index (χ4n) is 5.54. The second-order valence-corrected chi connectivity index (χ2v) is 14.8. The molecule has 5 atom stereocenters. The zero-order valence-electron chi connectivity index (χ0n) is 31.4. The third-order valence-corrected chi connectivity index (χ3v) is 8.96. The fourth-order valence-corrected chi connectivity index (χ4v) is 6.10. The number of aryl methyl sites for hydroxylation is 1. The van der Waals surface area contributed by atoms with Gasteiger partial charge in [0, 0.05) is 26.1 Å². The predicted molar refractivity (Wildman–Crippen MR) is 198 cm³/mol. The first-order valence-electron chi connectivity index (χ1n) is 17.9. The summed E-state index contributed by atoms with van der Waals surface area (Å²) in [4.78, 5) is 104. The Kier molecular flexibility index (Phi) is 19.0. The standard InChI is InChI=1S/C35H55N8O10P/c1-22(2)17-28(40-30(45)20-43(25(5)44)16-12-7-6-9-13-26-14-10-8-11-15-26)35(49)41-29(18-27-19-37-21-38-27)34(48)39-23(3)33(47)42-31(32(36)46)24(4)53-54(50,51)52/h8,10-11,14-15,19,21-24,28-29,31H,6-7,9,12-13,16-18,20H2,1-5H3,(H2,36,46)(H,37,38)(H,39,48)(H,40,45)(H,41,49)(H,42,47)(H2,50,51,52)/t23-,24+,28-,29-,31-/m0/s1. The highest BCUT2D eigenvalue weighted by molar-refractivity contribution is 7.46. The van der Waals surface area contributed by atoms with Crippen LogP contribution in [-0.4, -0.2) is 103 Å². The second kappa shape index (κ2) is 22.5. The lowest BCUT2D eigenvalue weighted by atomic mass is 10.0. The first-order valence-corrected chi connectivity index (χ1v) is 19.4. The van der Waals surface area contributed by atoms with Crippen molar-refractivity contribution in [1.82, 2.24) is 36.1 Å². The van der Waals surface area contributed by atoms with Gasteiger partial charge in [-0.1, -0.05) is 57.0 Å². The van der Waals surface area contributed by atoms with Crippen LogP contribution in [0.25, 0.3) is 0 Å². The Bertz CT molecular complexity index is 1570. The highest BCUT2D eigenvalue weighted by atomic mass is 31.2. The number of phosphoric ester groups is 1. The number of phosphoric acid groups is 1. The maximum atomic E-state index is 13.7. The number of aromatic nitrogens is 2. The number of unbranched alkanes of at least 4 members (excludes halogenated alkanes) is 3. The molecule has 0 aliphatic heterocycles. The molecule has 0 aliphatic carbocycles. The average Bonchev–Trinajstić information content (AvgIpc) is 3.59. The van der Waals surface area contributed by atoms with Crippen molar-refractivity contribution >= 4 is 43.3 Å². The van der Waals surface area contributed by atoms with Gasteiger partial charge in [0.25, 0.3) is 0 Å². The number of hydrogen-bond acceptors (Lipinski definition) is 9. The normalized spacial score (nSPS) is 14.2. The van der Waals surface area contributed by atoms with Crippen molar-refractivity contribution in [3.63, 3.8) is 0 Å². The van der Waals surface area contributed by atoms with Crippen LogP contribution < -0.4 is 27.0 Å². The van der Waals surface area contributed by atoms with E-state index in [-0.39, 0.29) is 31.2 Å². The van der Waals surface area contributed by atoms with Crippen molar-refractivity contribution in [2.24, 2.45) is 11.7 Å². The topological polar surface area (TPSA) is 275 Å². The van der Waals surface area contributed by atoms with Gasteiger partial charge in [0.1, 0.15) is 24.2 Å². The van der Waals surface area contributed by atoms with E-state index in [1.807, 2.05) is 32.0 Å². The molecule has 0 spiro atoms. The van der Waals surface area contributed by atoms with E-state index < -0.39 is 67.6 Å². The van der Waals surface area contributed by atoms with Crippen LogP contribution >= 0.6 is 7.82 Å². The molecule has 6 amide bonds. The van der Waals surface area contributed by atoms with Crippen molar-refractivity contribution in [2.75, 3.05) is 13.1 Å². The smallest absolute Gasteiger partial charge is 0.368 e. The summed E-state index contributed by atoms with van der Waals surface area (Å²) in [6.07, 6.45) is 6.00. The molecule has 0 fully saturated rings. The summed E-state index contributed by atoms with van der Waals surface area (Å²) >= 11 is 0. The Balaban J connectivity index is 2.06. The van der Waals surface area contributed by atoms with E-state index in [4.69, 9.17) is 15.5 Å². The van der Waals surface area contributed by atoms with E-state index >= 15 is 0 Å². The monoisotopic (exact) mass is 778 g/mol. The summed E-state index contributed by atoms with van der Waals surface area (Å²) in [6.45, 7) is 7.60. The van der Waals surface area contributed by atoms with Crippen LogP contribution in [0.5, 0.6) is 0 Å². The fraction of sp³-hybridized carbons (Fsp3) is 0.571. The SMILES string of the molecule is CC(=O)N(CCCCCCc1ccccc1)CC(=O)N[C@@H](CC(C)C)C(=O)N[C@@H](Cc1c[nH]cn1)C(=O)N[C@@H](C)C(=O)N[C@H](C(N)=O)[C@@H](C)OP(=O)(O)O. The van der Waals surface area contributed by atoms with Gasteiger partial charge in [0.2, 0.25) is 35.4 Å². The van der Waals surface area contributed by atoms with E-state index in [0.29, 0.717) is 18.7 Å². The van der Waals surface area contributed by atoms with Gasteiger partial charge in [-0.15, -0.1) is 0 Å². The third-order valence-electron chi connectivity index (χ3n) is 8.36. The largest absolute Gasteiger partial charge is 0.469 e. The molecule has 300 valence electrons. The van der Waals surface area contributed by atoms with Gasteiger partial charge in [0.05, 0.1) is 24.7 Å². The zero-order chi connectivity index (χ0) is 40.4. The number of carbonyl (C=O) groups excluding carboxylic acids is 6. The number of benzene rings is 1. The molecule has 1 aromatic heterocycles. The summed E-state index contributed by atoms with van der Waals surface area (Å²) in [6, 6.07) is 4.82. The molecule has 2 rings (SSSR count). The molecule has 19 heteroatoms. The van der Waals surface area contributed by atoms with Crippen molar-refractivity contribution in [3.05, 3.63) is 54.1 Å². The lowest BCUT2D eigenvalue weighted by Crippen LogP contribution is -2.59. The molecule has 18 nitrogen and oxygen atoms in total. The molecule has 0 aliphatic rings. The quantitative estimate of drug-likeness (QED) is 0.0540. The second-order valence-electron chi connectivity index (χ2n) is 13.6. The summed E-state index contributed by atoms with van der Waals surface area (Å²) in [5.74, 6) is -4.47. The summed E-state index contributed by atoms with van der Waals surface area (Å²) in [7, 11) is -5.04. The number of rotatable bonds is 24. The average molecular weight is 779 g/mol. The molecule has 2 aromatic rings. The van der Waals surface area contributed by atoms with Gasteiger partial charge in [-0.25, -0.2) is 9.55 Å². The lowest BCUT2D eigenvalue weighted by Gasteiger charge is -2.27. The molecule has 0 bridgehead atoms. The number of H-pyrrole nitrogens is 1. The summed E-state index contributed by atoms with van der Waals surface area (Å²) in [5, 5.41) is 10.0.